The quantitative estimate of drug-likeness (QED) is 0.666. The van der Waals surface area contributed by atoms with E-state index in [4.69, 9.17) is 16.0 Å². The number of aliphatic hydroxyl groups excluding tert-OH is 1. The van der Waals surface area contributed by atoms with Crippen molar-refractivity contribution < 1.29 is 17.9 Å². The molecule has 31 heavy (non-hydrogen) atoms. The Kier molecular flexibility index (Phi) is 6.50. The van der Waals surface area contributed by atoms with Gasteiger partial charge in [0.1, 0.15) is 5.69 Å². The number of sulfonamides is 1. The van der Waals surface area contributed by atoms with Crippen LogP contribution in [0.3, 0.4) is 0 Å². The van der Waals surface area contributed by atoms with E-state index >= 15 is 0 Å². The Morgan fingerprint density at radius 1 is 1.19 bits per heavy atom. The number of piperidine rings is 2. The summed E-state index contributed by atoms with van der Waals surface area (Å²) in [6.07, 6.45) is 5.77. The van der Waals surface area contributed by atoms with Gasteiger partial charge in [-0.25, -0.2) is 23.4 Å². The summed E-state index contributed by atoms with van der Waals surface area (Å²) in [7, 11) is -1.23. The number of anilines is 1. The monoisotopic (exact) mass is 470 g/mol. The first-order valence-electron chi connectivity index (χ1n) is 10.3. The smallest absolute Gasteiger partial charge is 0.223 e. The van der Waals surface area contributed by atoms with Gasteiger partial charge >= 0.3 is 0 Å². The highest BCUT2D eigenvalue weighted by Crippen LogP contribution is 2.32. The first-order valence-corrected chi connectivity index (χ1v) is 12.5. The van der Waals surface area contributed by atoms with Crippen molar-refractivity contribution in [2.45, 2.75) is 37.3 Å². The highest BCUT2D eigenvalue weighted by molar-refractivity contribution is 7.88. The molecule has 2 atom stereocenters. The Balaban J connectivity index is 1.47. The third-order valence-corrected chi connectivity index (χ3v) is 7.44. The van der Waals surface area contributed by atoms with Crippen LogP contribution in [0.1, 0.15) is 31.1 Å². The maximum atomic E-state index is 11.7. The lowest BCUT2D eigenvalue weighted by atomic mass is 9.97. The van der Waals surface area contributed by atoms with Crippen LogP contribution in [0.15, 0.2) is 16.8 Å². The van der Waals surface area contributed by atoms with Gasteiger partial charge in [0.2, 0.25) is 16.0 Å². The molecule has 12 heteroatoms. The minimum Gasteiger partial charge on any atom is -0.439 e. The average molecular weight is 471 g/mol. The van der Waals surface area contributed by atoms with Gasteiger partial charge in [-0.2, -0.15) is 4.31 Å². The van der Waals surface area contributed by atoms with Crippen LogP contribution in [0.5, 0.6) is 0 Å². The molecule has 10 nitrogen and oxygen atoms in total. The number of aromatic nitrogens is 3. The second-order valence-corrected chi connectivity index (χ2v) is 10.6. The van der Waals surface area contributed by atoms with Crippen LogP contribution in [-0.2, 0) is 10.0 Å². The second-order valence-electron chi connectivity index (χ2n) is 8.26. The number of nitrogens with zero attached hydrogens (tertiary/aromatic N) is 5. The molecule has 2 N–H and O–H groups in total. The summed E-state index contributed by atoms with van der Waals surface area (Å²) >= 11 is 6.32. The Hall–Kier alpha value is -1.79. The second kappa shape index (κ2) is 8.99. The minimum atomic E-state index is -3.34. The number of halogens is 1. The van der Waals surface area contributed by atoms with E-state index in [2.05, 4.69) is 32.2 Å². The zero-order valence-electron chi connectivity index (χ0n) is 17.5. The van der Waals surface area contributed by atoms with Crippen LogP contribution in [0, 0.1) is 0 Å². The van der Waals surface area contributed by atoms with Crippen molar-refractivity contribution in [3.05, 3.63) is 23.3 Å². The fourth-order valence-corrected chi connectivity index (χ4v) is 5.03. The van der Waals surface area contributed by atoms with Crippen molar-refractivity contribution in [2.75, 3.05) is 44.8 Å². The molecule has 2 aliphatic heterocycles. The summed E-state index contributed by atoms with van der Waals surface area (Å²) in [6.45, 7) is 2.35. The molecule has 2 aromatic rings. The highest BCUT2D eigenvalue weighted by Gasteiger charge is 2.32. The highest BCUT2D eigenvalue weighted by atomic mass is 35.5. The molecule has 0 unspecified atom stereocenters. The Bertz CT molecular complexity index is 1020. The van der Waals surface area contributed by atoms with Gasteiger partial charge in [0.25, 0.3) is 0 Å². The number of oxazole rings is 1. The number of nitrogens with one attached hydrogen (secondary N) is 1. The van der Waals surface area contributed by atoms with Gasteiger partial charge < -0.3 is 19.7 Å². The number of hydrogen-bond donors (Lipinski definition) is 2. The van der Waals surface area contributed by atoms with Gasteiger partial charge in [-0.3, -0.25) is 0 Å². The number of aliphatic hydroxyl groups is 1. The van der Waals surface area contributed by atoms with E-state index in [1.54, 1.807) is 6.20 Å². The van der Waals surface area contributed by atoms with E-state index < -0.39 is 16.1 Å². The SMILES string of the molecule is CN1CCC(c2ncc(-c3nc(N[C@@H]4CCN(S(C)(=O)=O)C[C@H]4O)ncc3Cl)o2)CC1. The third-order valence-electron chi connectivity index (χ3n) is 5.90. The lowest BCUT2D eigenvalue weighted by Crippen LogP contribution is -2.51. The molecule has 0 aliphatic carbocycles. The third kappa shape index (κ3) is 5.17. The molecular weight excluding hydrogens is 444 g/mol. The molecule has 2 fully saturated rings. The average Bonchev–Trinajstić information content (AvgIpc) is 3.20. The largest absolute Gasteiger partial charge is 0.439 e. The van der Waals surface area contributed by atoms with Crippen LogP contribution in [0.2, 0.25) is 5.02 Å². The van der Waals surface area contributed by atoms with Crippen molar-refractivity contribution in [3.63, 3.8) is 0 Å². The summed E-state index contributed by atoms with van der Waals surface area (Å²) in [5.41, 5.74) is 0.425. The molecule has 170 valence electrons. The van der Waals surface area contributed by atoms with E-state index in [-0.39, 0.29) is 24.5 Å². The maximum absolute atomic E-state index is 11.7. The molecule has 0 saturated carbocycles. The van der Waals surface area contributed by atoms with Gasteiger partial charge in [0.15, 0.2) is 11.7 Å². The predicted octanol–water partition coefficient (Wildman–Crippen LogP) is 1.40. The molecule has 2 aliphatic rings. The van der Waals surface area contributed by atoms with Gasteiger partial charge in [-0.1, -0.05) is 11.6 Å². The van der Waals surface area contributed by atoms with Crippen LogP contribution < -0.4 is 5.32 Å². The van der Waals surface area contributed by atoms with Crippen molar-refractivity contribution in [1.82, 2.24) is 24.2 Å². The van der Waals surface area contributed by atoms with E-state index in [0.717, 1.165) is 32.2 Å². The molecule has 0 aromatic carbocycles. The van der Waals surface area contributed by atoms with Gasteiger partial charge in [0.05, 0.1) is 35.8 Å². The van der Waals surface area contributed by atoms with Crippen LogP contribution >= 0.6 is 11.6 Å². The zero-order valence-corrected chi connectivity index (χ0v) is 19.1. The van der Waals surface area contributed by atoms with Crippen LogP contribution in [0.25, 0.3) is 11.5 Å². The lowest BCUT2D eigenvalue weighted by Gasteiger charge is -2.34. The first kappa shape index (κ1) is 22.4. The molecule has 0 radical (unpaired) electrons. The van der Waals surface area contributed by atoms with Gasteiger partial charge in [-0.05, 0) is 39.4 Å². The number of likely N-dealkylation sites (tertiary alicyclic amines) is 1. The molecule has 2 saturated heterocycles. The fraction of sp³-hybridized carbons (Fsp3) is 0.632. The van der Waals surface area contributed by atoms with E-state index in [1.165, 1.54) is 10.5 Å². The number of hydrogen-bond acceptors (Lipinski definition) is 9. The van der Waals surface area contributed by atoms with Crippen LogP contribution in [-0.4, -0.2) is 89.3 Å². The summed E-state index contributed by atoms with van der Waals surface area (Å²) in [5.74, 6) is 1.72. The molecule has 0 spiro atoms. The summed E-state index contributed by atoms with van der Waals surface area (Å²) in [4.78, 5) is 15.4. The van der Waals surface area contributed by atoms with E-state index in [9.17, 15) is 13.5 Å². The maximum Gasteiger partial charge on any atom is 0.223 e. The molecule has 0 amide bonds. The molecule has 2 aromatic heterocycles. The van der Waals surface area contributed by atoms with E-state index in [1.807, 2.05) is 0 Å². The van der Waals surface area contributed by atoms with Crippen molar-refractivity contribution >= 4 is 27.6 Å². The first-order chi connectivity index (χ1) is 14.7. The molecule has 0 bridgehead atoms. The predicted molar refractivity (Wildman–Crippen MR) is 116 cm³/mol. The van der Waals surface area contributed by atoms with Crippen molar-refractivity contribution in [3.8, 4) is 11.5 Å². The zero-order chi connectivity index (χ0) is 22.2. The number of rotatable bonds is 5. The lowest BCUT2D eigenvalue weighted by molar-refractivity contribution is 0.0950. The van der Waals surface area contributed by atoms with E-state index in [0.29, 0.717) is 35.3 Å². The summed E-state index contributed by atoms with van der Waals surface area (Å²) in [6, 6.07) is -0.378. The molecule has 4 heterocycles. The minimum absolute atomic E-state index is 0.0268. The standard InChI is InChI=1S/C19H27ClN6O4S/c1-25-6-3-12(4-7-25)18-21-10-16(30-18)17-13(20)9-22-19(24-17)23-14-5-8-26(11-15(14)27)31(2,28)29/h9-10,12,14-15,27H,3-8,11H2,1-2H3,(H,22,23,24)/t14-,15-/m1/s1. The fourth-order valence-electron chi connectivity index (χ4n) is 3.99. The number of β-amino-alcohol motifs (C(OH)–C–C–N with tert-alkyl or cyclic N) is 1. The normalized spacial score (nSPS) is 24.4. The summed E-state index contributed by atoms with van der Waals surface area (Å²) in [5, 5.41) is 13.8. The molecule has 4 rings (SSSR count). The molecular formula is C19H27ClN6O4S. The van der Waals surface area contributed by atoms with Crippen LogP contribution in [0.4, 0.5) is 5.95 Å². The topological polar surface area (TPSA) is 125 Å². The van der Waals surface area contributed by atoms with Crippen molar-refractivity contribution in [1.29, 1.82) is 0 Å². The van der Waals surface area contributed by atoms with Gasteiger partial charge in [-0.15, -0.1) is 0 Å². The Morgan fingerprint density at radius 3 is 2.61 bits per heavy atom. The summed E-state index contributed by atoms with van der Waals surface area (Å²) < 4.78 is 30.7. The van der Waals surface area contributed by atoms with Gasteiger partial charge in [0, 0.05) is 19.0 Å². The van der Waals surface area contributed by atoms with Crippen molar-refractivity contribution in [2.24, 2.45) is 0 Å². The Labute approximate surface area is 186 Å². The Morgan fingerprint density at radius 2 is 1.94 bits per heavy atom.